The third-order valence-electron chi connectivity index (χ3n) is 1.17. The Hall–Kier alpha value is -0.130. The van der Waals surface area contributed by atoms with Crippen LogP contribution in [0.3, 0.4) is 0 Å². The van der Waals surface area contributed by atoms with Gasteiger partial charge in [0.15, 0.2) is 9.84 Å². The van der Waals surface area contributed by atoms with Gasteiger partial charge in [0.2, 0.25) is 0 Å². The van der Waals surface area contributed by atoms with E-state index in [0.29, 0.717) is 0 Å². The lowest BCUT2D eigenvalue weighted by molar-refractivity contribution is -0.0588. The fraction of sp³-hybridized carbons (Fsp3) is 1.00. The highest BCUT2D eigenvalue weighted by Gasteiger charge is 2.07. The molecule has 0 amide bonds. The minimum Gasteiger partial charge on any atom is -0.314 e. The van der Waals surface area contributed by atoms with Crippen LogP contribution in [0.25, 0.3) is 0 Å². The molecule has 4 nitrogen and oxygen atoms in total. The number of hydrogen-bond donors (Lipinski definition) is 1. The summed E-state index contributed by atoms with van der Waals surface area (Å²) in [5.74, 6) is 0.164. The molecular formula is C5H13NO3S. The van der Waals surface area contributed by atoms with Gasteiger partial charge in [-0.25, -0.2) is 8.42 Å². The van der Waals surface area contributed by atoms with E-state index < -0.39 is 9.84 Å². The van der Waals surface area contributed by atoms with E-state index in [1.165, 1.54) is 7.05 Å². The molecule has 0 atom stereocenters. The highest BCUT2D eigenvalue weighted by atomic mass is 32.2. The quantitative estimate of drug-likeness (QED) is 0.586. The summed E-state index contributed by atoms with van der Waals surface area (Å²) in [5.41, 5.74) is 0. The zero-order chi connectivity index (χ0) is 8.20. The highest BCUT2D eigenvalue weighted by molar-refractivity contribution is 7.91. The third-order valence-corrected chi connectivity index (χ3v) is 2.85. The second-order valence-electron chi connectivity index (χ2n) is 2.12. The fourth-order valence-corrected chi connectivity index (χ4v) is 1.25. The first-order valence-electron chi connectivity index (χ1n) is 3.08. The van der Waals surface area contributed by atoms with Crippen LogP contribution in [0.1, 0.15) is 6.92 Å². The monoisotopic (exact) mass is 167 g/mol. The van der Waals surface area contributed by atoms with Crippen LogP contribution < -0.4 is 0 Å². The van der Waals surface area contributed by atoms with Crippen molar-refractivity contribution in [2.75, 3.05) is 25.1 Å². The molecule has 0 unspecified atom stereocenters. The van der Waals surface area contributed by atoms with Crippen molar-refractivity contribution in [2.45, 2.75) is 6.92 Å². The Morgan fingerprint density at radius 3 is 2.30 bits per heavy atom. The molecule has 10 heavy (non-hydrogen) atoms. The van der Waals surface area contributed by atoms with Crippen molar-refractivity contribution >= 4 is 9.84 Å². The number of rotatable bonds is 4. The Balaban J connectivity index is 3.70. The van der Waals surface area contributed by atoms with Crippen LogP contribution >= 0.6 is 0 Å². The molecule has 0 fully saturated rings. The molecule has 0 spiro atoms. The first-order chi connectivity index (χ1) is 4.48. The molecule has 0 aliphatic carbocycles. The summed E-state index contributed by atoms with van der Waals surface area (Å²) in [6.45, 7) is 1.77. The molecule has 1 N–H and O–H groups in total. The van der Waals surface area contributed by atoms with Gasteiger partial charge in [-0.1, -0.05) is 6.92 Å². The van der Waals surface area contributed by atoms with Gasteiger partial charge in [-0.3, -0.25) is 0 Å². The van der Waals surface area contributed by atoms with Crippen LogP contribution in [-0.4, -0.2) is 43.8 Å². The maximum atomic E-state index is 10.8. The van der Waals surface area contributed by atoms with Crippen LogP contribution in [0, 0.1) is 0 Å². The molecule has 0 aliphatic rings. The van der Waals surface area contributed by atoms with Gasteiger partial charge in [0, 0.05) is 19.3 Å². The minimum atomic E-state index is -2.92. The number of hydroxylamine groups is 2. The largest absolute Gasteiger partial charge is 0.314 e. The molecule has 0 radical (unpaired) electrons. The van der Waals surface area contributed by atoms with E-state index in [9.17, 15) is 8.42 Å². The Bertz CT molecular complexity index is 173. The van der Waals surface area contributed by atoms with Gasteiger partial charge in [0.1, 0.15) is 0 Å². The first kappa shape index (κ1) is 9.87. The summed E-state index contributed by atoms with van der Waals surface area (Å²) in [6.07, 6.45) is 0. The molecule has 0 bridgehead atoms. The van der Waals surface area contributed by atoms with Crippen molar-refractivity contribution in [2.24, 2.45) is 0 Å². The fourth-order valence-electron chi connectivity index (χ4n) is 0.416. The van der Waals surface area contributed by atoms with Gasteiger partial charge in [0.25, 0.3) is 0 Å². The van der Waals surface area contributed by atoms with E-state index in [1.807, 2.05) is 0 Å². The van der Waals surface area contributed by atoms with Crippen LogP contribution in [0.4, 0.5) is 0 Å². The van der Waals surface area contributed by atoms with E-state index in [1.54, 1.807) is 6.92 Å². The second kappa shape index (κ2) is 3.90. The van der Waals surface area contributed by atoms with Gasteiger partial charge < -0.3 is 5.21 Å². The molecular weight excluding hydrogens is 154 g/mol. The lowest BCUT2D eigenvalue weighted by Gasteiger charge is -2.06. The Kier molecular flexibility index (Phi) is 3.85. The molecule has 62 valence electrons. The summed E-state index contributed by atoms with van der Waals surface area (Å²) in [6, 6.07) is 0. The summed E-state index contributed by atoms with van der Waals surface area (Å²) >= 11 is 0. The van der Waals surface area contributed by atoms with Gasteiger partial charge >= 0.3 is 0 Å². The second-order valence-corrected chi connectivity index (χ2v) is 4.59. The lowest BCUT2D eigenvalue weighted by atomic mass is 10.7. The molecule has 0 aliphatic heterocycles. The van der Waals surface area contributed by atoms with E-state index in [-0.39, 0.29) is 18.1 Å². The summed E-state index contributed by atoms with van der Waals surface area (Å²) < 4.78 is 21.5. The molecule has 0 aromatic rings. The standard InChI is InChI=1S/C5H13NO3S/c1-3-10(8,9)5-4-6(2)7/h7H,3-5H2,1-2H3. The number of hydrogen-bond acceptors (Lipinski definition) is 4. The summed E-state index contributed by atoms with van der Waals surface area (Å²) in [7, 11) is -1.49. The van der Waals surface area contributed by atoms with Crippen LogP contribution in [-0.2, 0) is 9.84 Å². The van der Waals surface area contributed by atoms with Crippen LogP contribution in [0.5, 0.6) is 0 Å². The summed E-state index contributed by atoms with van der Waals surface area (Å²) in [4.78, 5) is 0. The van der Waals surface area contributed by atoms with E-state index in [0.717, 1.165) is 5.06 Å². The van der Waals surface area contributed by atoms with Crippen LogP contribution in [0.15, 0.2) is 0 Å². The molecule has 0 heterocycles. The predicted octanol–water partition coefficient (Wildman–Crippen LogP) is -0.258. The van der Waals surface area contributed by atoms with Crippen molar-refractivity contribution in [3.8, 4) is 0 Å². The Morgan fingerprint density at radius 2 is 2.00 bits per heavy atom. The molecule has 5 heteroatoms. The molecule has 0 aromatic heterocycles. The van der Waals surface area contributed by atoms with E-state index >= 15 is 0 Å². The van der Waals surface area contributed by atoms with Crippen LogP contribution in [0.2, 0.25) is 0 Å². The SMILES string of the molecule is CCS(=O)(=O)CCN(C)O. The van der Waals surface area contributed by atoms with Gasteiger partial charge in [0.05, 0.1) is 5.75 Å². The number of sulfone groups is 1. The molecule has 0 aromatic carbocycles. The molecule has 0 saturated carbocycles. The lowest BCUT2D eigenvalue weighted by Crippen LogP contribution is -2.23. The topological polar surface area (TPSA) is 57.6 Å². The zero-order valence-corrected chi connectivity index (χ0v) is 7.06. The normalized spacial score (nSPS) is 12.4. The van der Waals surface area contributed by atoms with E-state index in [4.69, 9.17) is 5.21 Å². The van der Waals surface area contributed by atoms with E-state index in [2.05, 4.69) is 0 Å². The van der Waals surface area contributed by atoms with Gasteiger partial charge in [-0.05, 0) is 0 Å². The molecule has 0 saturated heterocycles. The summed E-state index contributed by atoms with van der Waals surface area (Å²) in [5, 5.41) is 9.45. The average molecular weight is 167 g/mol. The maximum Gasteiger partial charge on any atom is 0.151 e. The minimum absolute atomic E-state index is 0.0243. The highest BCUT2D eigenvalue weighted by Crippen LogP contribution is 1.88. The smallest absolute Gasteiger partial charge is 0.151 e. The van der Waals surface area contributed by atoms with Crippen molar-refractivity contribution in [3.63, 3.8) is 0 Å². The molecule has 0 rings (SSSR count). The first-order valence-corrected chi connectivity index (χ1v) is 4.90. The van der Waals surface area contributed by atoms with Crippen molar-refractivity contribution < 1.29 is 13.6 Å². The zero-order valence-electron chi connectivity index (χ0n) is 6.24. The predicted molar refractivity (Wildman–Crippen MR) is 38.7 cm³/mol. The van der Waals surface area contributed by atoms with Gasteiger partial charge in [-0.2, -0.15) is 5.06 Å². The third kappa shape index (κ3) is 4.72. The average Bonchev–Trinajstić information content (AvgIpc) is 1.85. The van der Waals surface area contributed by atoms with Gasteiger partial charge in [-0.15, -0.1) is 0 Å². The van der Waals surface area contributed by atoms with Crippen molar-refractivity contribution in [3.05, 3.63) is 0 Å². The Labute approximate surface area is 61.3 Å². The van der Waals surface area contributed by atoms with Crippen molar-refractivity contribution in [1.82, 2.24) is 5.06 Å². The maximum absolute atomic E-state index is 10.8. The van der Waals surface area contributed by atoms with Crippen molar-refractivity contribution in [1.29, 1.82) is 0 Å². The number of nitrogens with zero attached hydrogens (tertiary/aromatic N) is 1. The Morgan fingerprint density at radius 1 is 1.50 bits per heavy atom.